The van der Waals surface area contributed by atoms with E-state index in [1.165, 1.54) is 0 Å². The lowest BCUT2D eigenvalue weighted by molar-refractivity contribution is -0.139. The van der Waals surface area contributed by atoms with Crippen molar-refractivity contribution in [1.29, 1.82) is 21.0 Å². The zero-order valence-corrected chi connectivity index (χ0v) is 13.9. The second kappa shape index (κ2) is 6.98. The van der Waals surface area contributed by atoms with Gasteiger partial charge >= 0.3 is 5.97 Å². The number of benzene rings is 1. The average Bonchev–Trinajstić information content (AvgIpc) is 2.67. The summed E-state index contributed by atoms with van der Waals surface area (Å²) in [5.41, 5.74) is -4.27. The van der Waals surface area contributed by atoms with Crippen LogP contribution in [-0.2, 0) is 9.53 Å². The smallest absolute Gasteiger partial charge is 0.338 e. The molecule has 1 aromatic rings. The van der Waals surface area contributed by atoms with E-state index in [2.05, 4.69) is 0 Å². The summed E-state index contributed by atoms with van der Waals surface area (Å²) < 4.78 is 4.98. The van der Waals surface area contributed by atoms with E-state index < -0.39 is 34.9 Å². The molecule has 2 rings (SSSR count). The number of aliphatic hydroxyl groups is 1. The van der Waals surface area contributed by atoms with Gasteiger partial charge in [-0.1, -0.05) is 30.3 Å². The number of hydrogen-bond donors (Lipinski definition) is 1. The lowest BCUT2D eigenvalue weighted by Crippen LogP contribution is -2.48. The third kappa shape index (κ3) is 2.44. The lowest BCUT2D eigenvalue weighted by atomic mass is 9.52. The van der Waals surface area contributed by atoms with Gasteiger partial charge in [0.1, 0.15) is 5.76 Å². The first kappa shape index (κ1) is 18.5. The Labute approximate surface area is 150 Å². The Morgan fingerprint density at radius 3 is 2.19 bits per heavy atom. The molecule has 1 aliphatic carbocycles. The highest BCUT2D eigenvalue weighted by atomic mass is 16.5. The Bertz CT molecular complexity index is 895. The van der Waals surface area contributed by atoms with Crippen LogP contribution in [0.2, 0.25) is 0 Å². The van der Waals surface area contributed by atoms with E-state index in [-0.39, 0.29) is 12.2 Å². The quantitative estimate of drug-likeness (QED) is 0.829. The summed E-state index contributed by atoms with van der Waals surface area (Å²) in [5.74, 6) is -2.73. The molecule has 1 atom stereocenters. The van der Waals surface area contributed by atoms with Gasteiger partial charge in [-0.05, 0) is 12.5 Å². The van der Waals surface area contributed by atoms with E-state index in [9.17, 15) is 30.9 Å². The first-order chi connectivity index (χ1) is 12.5. The summed E-state index contributed by atoms with van der Waals surface area (Å²) in [4.78, 5) is 12.5. The van der Waals surface area contributed by atoms with Crippen LogP contribution in [0.5, 0.6) is 0 Å². The first-order valence-corrected chi connectivity index (χ1v) is 7.76. The van der Waals surface area contributed by atoms with Gasteiger partial charge in [0.05, 0.1) is 42.4 Å². The monoisotopic (exact) mass is 346 g/mol. The minimum absolute atomic E-state index is 0.0187. The van der Waals surface area contributed by atoms with Crippen molar-refractivity contribution in [3.05, 3.63) is 47.2 Å². The topological polar surface area (TPSA) is 142 Å². The van der Waals surface area contributed by atoms with Crippen molar-refractivity contribution >= 4 is 5.97 Å². The molecule has 1 aliphatic rings. The molecular weight excluding hydrogens is 332 g/mol. The highest BCUT2D eigenvalue weighted by molar-refractivity contribution is 5.92. The van der Waals surface area contributed by atoms with Crippen molar-refractivity contribution < 1.29 is 14.6 Å². The molecule has 0 aliphatic heterocycles. The Hall–Kier alpha value is -3.81. The number of rotatable bonds is 3. The van der Waals surface area contributed by atoms with Gasteiger partial charge in [0.25, 0.3) is 0 Å². The standard InChI is InChI=1S/C19H14N4O3/c1-2-26-17(25)15-14(24)8-18(9-20,10-21)19(11-22,12-23)16(15)13-6-4-3-5-7-13/h3-7,16,24H,2,8H2,1H3/t16-/m0/s1. The molecule has 0 saturated heterocycles. The van der Waals surface area contributed by atoms with Gasteiger partial charge in [-0.15, -0.1) is 0 Å². The zero-order valence-electron chi connectivity index (χ0n) is 13.9. The zero-order chi connectivity index (χ0) is 19.4. The van der Waals surface area contributed by atoms with Crippen LogP contribution in [0.15, 0.2) is 41.7 Å². The number of hydrogen-bond acceptors (Lipinski definition) is 7. The highest BCUT2D eigenvalue weighted by Gasteiger charge is 2.65. The SMILES string of the molecule is CCOC(=O)C1=C(O)CC(C#N)(C#N)C(C#N)(C#N)[C@H]1c1ccccc1. The summed E-state index contributed by atoms with van der Waals surface area (Å²) in [6.07, 6.45) is -0.612. The van der Waals surface area contributed by atoms with Gasteiger partial charge in [0, 0.05) is 6.42 Å². The van der Waals surface area contributed by atoms with Crippen LogP contribution in [0.4, 0.5) is 0 Å². The van der Waals surface area contributed by atoms with Crippen LogP contribution in [-0.4, -0.2) is 17.7 Å². The van der Waals surface area contributed by atoms with E-state index in [4.69, 9.17) is 4.74 Å². The van der Waals surface area contributed by atoms with Crippen molar-refractivity contribution in [2.45, 2.75) is 19.3 Å². The van der Waals surface area contributed by atoms with Crippen LogP contribution >= 0.6 is 0 Å². The van der Waals surface area contributed by atoms with Gasteiger partial charge in [0.15, 0.2) is 10.8 Å². The van der Waals surface area contributed by atoms with Gasteiger partial charge in [-0.25, -0.2) is 4.79 Å². The third-order valence-corrected chi connectivity index (χ3v) is 4.50. The molecule has 0 spiro atoms. The van der Waals surface area contributed by atoms with Crippen LogP contribution in [0.3, 0.4) is 0 Å². The highest BCUT2D eigenvalue weighted by Crippen LogP contribution is 2.58. The predicted molar refractivity (Wildman–Crippen MR) is 87.4 cm³/mol. The van der Waals surface area contributed by atoms with Crippen molar-refractivity contribution in [2.75, 3.05) is 6.61 Å². The average molecular weight is 346 g/mol. The van der Waals surface area contributed by atoms with Crippen LogP contribution in [0, 0.1) is 56.2 Å². The number of aliphatic hydroxyl groups excluding tert-OH is 1. The lowest BCUT2D eigenvalue weighted by Gasteiger charge is -2.42. The fourth-order valence-corrected chi connectivity index (χ4v) is 3.25. The number of carbonyl (C=O) groups is 1. The number of esters is 1. The van der Waals surface area contributed by atoms with Crippen molar-refractivity contribution in [3.63, 3.8) is 0 Å². The maximum absolute atomic E-state index is 12.5. The van der Waals surface area contributed by atoms with E-state index in [0.717, 1.165) is 0 Å². The number of allylic oxidation sites excluding steroid dienone is 1. The molecule has 0 radical (unpaired) electrons. The first-order valence-electron chi connectivity index (χ1n) is 7.76. The van der Waals surface area contributed by atoms with Crippen LogP contribution in [0.25, 0.3) is 0 Å². The molecule has 0 fully saturated rings. The van der Waals surface area contributed by atoms with E-state index in [0.29, 0.717) is 5.56 Å². The number of nitriles is 4. The maximum atomic E-state index is 12.5. The molecule has 1 aromatic carbocycles. The minimum atomic E-state index is -2.20. The Balaban J connectivity index is 2.92. The van der Waals surface area contributed by atoms with Crippen molar-refractivity contribution in [1.82, 2.24) is 0 Å². The Kier molecular flexibility index (Phi) is 4.97. The molecule has 7 heteroatoms. The molecule has 0 amide bonds. The van der Waals surface area contributed by atoms with Crippen molar-refractivity contribution in [2.24, 2.45) is 10.8 Å². The number of nitrogens with zero attached hydrogens (tertiary/aromatic N) is 4. The fraction of sp³-hybridized carbons (Fsp3) is 0.316. The molecule has 0 saturated carbocycles. The summed E-state index contributed by atoms with van der Waals surface area (Å²) in [7, 11) is 0. The van der Waals surface area contributed by atoms with E-state index in [1.807, 2.05) is 0 Å². The van der Waals surface area contributed by atoms with Crippen LogP contribution < -0.4 is 0 Å². The fourth-order valence-electron chi connectivity index (χ4n) is 3.25. The van der Waals surface area contributed by atoms with Gasteiger partial charge in [-0.2, -0.15) is 21.0 Å². The number of carbonyl (C=O) groups excluding carboxylic acids is 1. The van der Waals surface area contributed by atoms with Crippen molar-refractivity contribution in [3.8, 4) is 24.3 Å². The molecule has 7 nitrogen and oxygen atoms in total. The number of ether oxygens (including phenoxy) is 1. The van der Waals surface area contributed by atoms with E-state index >= 15 is 0 Å². The van der Waals surface area contributed by atoms with Gasteiger partial charge in [0.2, 0.25) is 0 Å². The maximum Gasteiger partial charge on any atom is 0.338 e. The summed E-state index contributed by atoms with van der Waals surface area (Å²) in [6, 6.07) is 15.1. The normalized spacial score (nSPS) is 20.0. The Morgan fingerprint density at radius 1 is 1.15 bits per heavy atom. The van der Waals surface area contributed by atoms with E-state index in [1.54, 1.807) is 61.5 Å². The van der Waals surface area contributed by atoms with Gasteiger partial charge in [-0.3, -0.25) is 0 Å². The minimum Gasteiger partial charge on any atom is -0.512 e. The second-order valence-electron chi connectivity index (χ2n) is 5.76. The molecule has 0 unspecified atom stereocenters. The Morgan fingerprint density at radius 2 is 1.73 bits per heavy atom. The van der Waals surface area contributed by atoms with Crippen LogP contribution in [0.1, 0.15) is 24.8 Å². The molecule has 0 heterocycles. The summed E-state index contributed by atoms with van der Waals surface area (Å²) >= 11 is 0. The predicted octanol–water partition coefficient (Wildman–Crippen LogP) is 2.62. The molecule has 128 valence electrons. The molecule has 1 N–H and O–H groups in total. The third-order valence-electron chi connectivity index (χ3n) is 4.50. The summed E-state index contributed by atoms with van der Waals surface area (Å²) in [6.45, 7) is 1.59. The summed E-state index contributed by atoms with van der Waals surface area (Å²) in [5, 5.41) is 49.4. The molecule has 26 heavy (non-hydrogen) atoms. The second-order valence-corrected chi connectivity index (χ2v) is 5.76. The van der Waals surface area contributed by atoms with Gasteiger partial charge < -0.3 is 9.84 Å². The molecule has 0 aromatic heterocycles. The molecule has 0 bridgehead atoms. The molecular formula is C19H14N4O3. The largest absolute Gasteiger partial charge is 0.512 e.